The molecule has 134 valence electrons. The van der Waals surface area contributed by atoms with Gasteiger partial charge in [0.05, 0.1) is 0 Å². The van der Waals surface area contributed by atoms with Gasteiger partial charge in [0.25, 0.3) is 5.91 Å². The van der Waals surface area contributed by atoms with Crippen molar-refractivity contribution in [1.82, 2.24) is 24.9 Å². The van der Waals surface area contributed by atoms with Crippen molar-refractivity contribution in [3.63, 3.8) is 0 Å². The highest BCUT2D eigenvalue weighted by Crippen LogP contribution is 2.10. The first-order chi connectivity index (χ1) is 11.5. The minimum Gasteiger partial charge on any atom is -0.338 e. The molecule has 1 N–H and O–H groups in total. The molecule has 0 unspecified atom stereocenters. The Morgan fingerprint density at radius 2 is 1.92 bits per heavy atom. The van der Waals surface area contributed by atoms with Crippen LogP contribution in [-0.4, -0.2) is 64.2 Å². The number of aromatic nitrogens is 2. The lowest BCUT2D eigenvalue weighted by molar-refractivity contribution is 0.0755. The van der Waals surface area contributed by atoms with Gasteiger partial charge in [-0.2, -0.15) is 5.10 Å². The van der Waals surface area contributed by atoms with Gasteiger partial charge >= 0.3 is 6.03 Å². The first-order valence-electron chi connectivity index (χ1n) is 8.90. The Morgan fingerprint density at radius 1 is 1.21 bits per heavy atom. The number of nitrogens with zero attached hydrogens (tertiary/aromatic N) is 4. The van der Waals surface area contributed by atoms with Crippen molar-refractivity contribution in [2.75, 3.05) is 32.7 Å². The summed E-state index contributed by atoms with van der Waals surface area (Å²) >= 11 is 0. The molecule has 0 aliphatic carbocycles. The maximum Gasteiger partial charge on any atom is 0.317 e. The van der Waals surface area contributed by atoms with Gasteiger partial charge in [0.15, 0.2) is 0 Å². The largest absolute Gasteiger partial charge is 0.338 e. The molecular formula is C17H29N5O2. The molecule has 0 saturated carbocycles. The number of hydrogen-bond donors (Lipinski definition) is 1. The van der Waals surface area contributed by atoms with Gasteiger partial charge in [-0.3, -0.25) is 9.48 Å². The van der Waals surface area contributed by atoms with Gasteiger partial charge in [0, 0.05) is 45.0 Å². The average molecular weight is 335 g/mol. The first kappa shape index (κ1) is 18.3. The molecule has 24 heavy (non-hydrogen) atoms. The summed E-state index contributed by atoms with van der Waals surface area (Å²) in [6.45, 7) is 9.32. The molecule has 1 aliphatic rings. The van der Waals surface area contributed by atoms with E-state index in [0.29, 0.717) is 38.4 Å². The highest BCUT2D eigenvalue weighted by Gasteiger charge is 2.24. The smallest absolute Gasteiger partial charge is 0.317 e. The average Bonchev–Trinajstić information content (AvgIpc) is 2.93. The summed E-state index contributed by atoms with van der Waals surface area (Å²) in [6.07, 6.45) is 4.68. The van der Waals surface area contributed by atoms with Crippen molar-refractivity contribution in [3.8, 4) is 0 Å². The van der Waals surface area contributed by atoms with Crippen LogP contribution in [0.2, 0.25) is 0 Å². The van der Waals surface area contributed by atoms with Crippen molar-refractivity contribution < 1.29 is 9.59 Å². The highest BCUT2D eigenvalue weighted by atomic mass is 16.2. The molecule has 2 heterocycles. The lowest BCUT2D eigenvalue weighted by Gasteiger charge is -2.22. The molecule has 0 radical (unpaired) electrons. The Morgan fingerprint density at radius 3 is 2.58 bits per heavy atom. The van der Waals surface area contributed by atoms with E-state index >= 15 is 0 Å². The Balaban J connectivity index is 1.89. The number of carbonyl (C=O) groups is 2. The summed E-state index contributed by atoms with van der Waals surface area (Å²) < 4.78 is 1.79. The maximum absolute atomic E-state index is 12.6. The van der Waals surface area contributed by atoms with Crippen LogP contribution in [0.3, 0.4) is 0 Å². The zero-order valence-corrected chi connectivity index (χ0v) is 15.0. The van der Waals surface area contributed by atoms with Crippen LogP contribution in [0, 0.1) is 0 Å². The van der Waals surface area contributed by atoms with Gasteiger partial charge in [0.1, 0.15) is 5.69 Å². The number of amides is 3. The number of carbonyl (C=O) groups excluding carboxylic acids is 2. The van der Waals surface area contributed by atoms with E-state index in [1.807, 2.05) is 20.0 Å². The second kappa shape index (κ2) is 8.70. The molecule has 0 bridgehead atoms. The predicted molar refractivity (Wildman–Crippen MR) is 93.0 cm³/mol. The van der Waals surface area contributed by atoms with E-state index in [-0.39, 0.29) is 18.0 Å². The monoisotopic (exact) mass is 335 g/mol. The normalized spacial score (nSPS) is 15.5. The zero-order valence-electron chi connectivity index (χ0n) is 15.0. The second-order valence-corrected chi connectivity index (χ2v) is 6.49. The van der Waals surface area contributed by atoms with E-state index < -0.39 is 0 Å². The van der Waals surface area contributed by atoms with Crippen molar-refractivity contribution in [2.45, 2.75) is 46.1 Å². The van der Waals surface area contributed by atoms with E-state index in [9.17, 15) is 9.59 Å². The van der Waals surface area contributed by atoms with Crippen LogP contribution < -0.4 is 5.32 Å². The summed E-state index contributed by atoms with van der Waals surface area (Å²) in [4.78, 5) is 28.4. The van der Waals surface area contributed by atoms with Gasteiger partial charge < -0.3 is 15.1 Å². The third-order valence-electron chi connectivity index (χ3n) is 4.23. The van der Waals surface area contributed by atoms with Crippen molar-refractivity contribution in [1.29, 1.82) is 0 Å². The molecule has 0 aromatic carbocycles. The van der Waals surface area contributed by atoms with Gasteiger partial charge in [-0.25, -0.2) is 4.79 Å². The summed E-state index contributed by atoms with van der Waals surface area (Å²) in [5.41, 5.74) is 0.476. The topological polar surface area (TPSA) is 70.5 Å². The molecule has 2 rings (SSSR count). The minimum atomic E-state index is -0.0531. The van der Waals surface area contributed by atoms with Gasteiger partial charge in [-0.05, 0) is 32.8 Å². The fourth-order valence-corrected chi connectivity index (χ4v) is 2.71. The SMILES string of the molecule is CCCCNC(=O)N1CCCN(C(=O)c2ccn(C(C)C)n2)CC1. The molecule has 3 amide bonds. The third-order valence-corrected chi connectivity index (χ3v) is 4.23. The van der Waals surface area contributed by atoms with Crippen LogP contribution in [0.5, 0.6) is 0 Å². The van der Waals surface area contributed by atoms with Gasteiger partial charge in [-0.1, -0.05) is 13.3 Å². The molecule has 0 atom stereocenters. The van der Waals surface area contributed by atoms with E-state index in [1.54, 1.807) is 20.5 Å². The van der Waals surface area contributed by atoms with Gasteiger partial charge in [0.2, 0.25) is 0 Å². The minimum absolute atomic E-state index is 0.0261. The Bertz CT molecular complexity index is 555. The number of nitrogens with one attached hydrogen (secondary N) is 1. The maximum atomic E-state index is 12.6. The summed E-state index contributed by atoms with van der Waals surface area (Å²) in [6, 6.07) is 1.97. The second-order valence-electron chi connectivity index (χ2n) is 6.49. The first-order valence-corrected chi connectivity index (χ1v) is 8.90. The van der Waals surface area contributed by atoms with Crippen molar-refractivity contribution in [3.05, 3.63) is 18.0 Å². The van der Waals surface area contributed by atoms with Crippen LogP contribution in [-0.2, 0) is 0 Å². The summed E-state index contributed by atoms with van der Waals surface area (Å²) in [7, 11) is 0. The molecular weight excluding hydrogens is 306 g/mol. The fraction of sp³-hybridized carbons (Fsp3) is 0.706. The number of urea groups is 1. The fourth-order valence-electron chi connectivity index (χ4n) is 2.71. The van der Waals surface area contributed by atoms with Crippen LogP contribution >= 0.6 is 0 Å². The van der Waals surface area contributed by atoms with Gasteiger partial charge in [-0.15, -0.1) is 0 Å². The lowest BCUT2D eigenvalue weighted by Crippen LogP contribution is -2.42. The van der Waals surface area contributed by atoms with E-state index in [4.69, 9.17) is 0 Å². The number of hydrogen-bond acceptors (Lipinski definition) is 3. The molecule has 0 spiro atoms. The summed E-state index contributed by atoms with van der Waals surface area (Å²) in [5, 5.41) is 7.29. The zero-order chi connectivity index (χ0) is 17.5. The Hall–Kier alpha value is -2.05. The van der Waals surface area contributed by atoms with Crippen LogP contribution in [0.25, 0.3) is 0 Å². The molecule has 1 fully saturated rings. The summed E-state index contributed by atoms with van der Waals surface area (Å²) in [5.74, 6) is -0.0531. The Kier molecular flexibility index (Phi) is 6.63. The third kappa shape index (κ3) is 4.72. The number of unbranched alkanes of at least 4 members (excludes halogenated alkanes) is 1. The van der Waals surface area contributed by atoms with Crippen LogP contribution in [0.4, 0.5) is 4.79 Å². The molecule has 1 aromatic heterocycles. The van der Waals surface area contributed by atoms with Crippen molar-refractivity contribution in [2.24, 2.45) is 0 Å². The molecule has 7 heteroatoms. The lowest BCUT2D eigenvalue weighted by atomic mass is 10.3. The quantitative estimate of drug-likeness (QED) is 0.838. The molecule has 1 saturated heterocycles. The molecule has 7 nitrogen and oxygen atoms in total. The van der Waals surface area contributed by atoms with Crippen LogP contribution in [0.1, 0.15) is 56.6 Å². The van der Waals surface area contributed by atoms with Crippen molar-refractivity contribution >= 4 is 11.9 Å². The molecule has 1 aliphatic heterocycles. The van der Waals surface area contributed by atoms with E-state index in [2.05, 4.69) is 17.3 Å². The van der Waals surface area contributed by atoms with E-state index in [1.165, 1.54) is 0 Å². The predicted octanol–water partition coefficient (Wildman–Crippen LogP) is 2.12. The number of rotatable bonds is 5. The highest BCUT2D eigenvalue weighted by molar-refractivity contribution is 5.92. The van der Waals surface area contributed by atoms with E-state index in [0.717, 1.165) is 19.3 Å². The van der Waals surface area contributed by atoms with Crippen LogP contribution in [0.15, 0.2) is 12.3 Å². The standard InChI is InChI=1S/C17H29N5O2/c1-4-5-8-18-17(24)21-10-6-9-20(12-13-21)16(23)15-7-11-22(19-15)14(2)3/h7,11,14H,4-6,8-10,12-13H2,1-3H3,(H,18,24). The Labute approximate surface area is 144 Å². The molecule has 1 aromatic rings.